The normalized spacial score (nSPS) is 10.9. The first kappa shape index (κ1) is 20.5. The van der Waals surface area contributed by atoms with Crippen molar-refractivity contribution in [1.29, 1.82) is 0 Å². The molecule has 7 heteroatoms. The molecule has 0 saturated carbocycles. The number of carbonyl (C=O) groups is 1. The number of benzene rings is 2. The topological polar surface area (TPSA) is 64.7 Å². The van der Waals surface area contributed by atoms with Gasteiger partial charge in [0.2, 0.25) is 5.91 Å². The molecule has 2 aromatic heterocycles. The van der Waals surface area contributed by atoms with Crippen molar-refractivity contribution in [3.8, 4) is 11.4 Å². The third-order valence-electron chi connectivity index (χ3n) is 5.24. The average Bonchev–Trinajstić information content (AvgIpc) is 3.35. The zero-order chi connectivity index (χ0) is 21.8. The molecule has 6 nitrogen and oxygen atoms in total. The van der Waals surface area contributed by atoms with Crippen LogP contribution in [0, 0.1) is 19.7 Å². The van der Waals surface area contributed by atoms with Crippen LogP contribution in [0.4, 0.5) is 4.39 Å². The van der Waals surface area contributed by atoms with Crippen LogP contribution in [0.1, 0.15) is 22.5 Å². The number of halogens is 1. The molecule has 0 radical (unpaired) electrons. The van der Waals surface area contributed by atoms with Crippen LogP contribution in [-0.4, -0.2) is 32.0 Å². The maximum atomic E-state index is 13.2. The second-order valence-electron chi connectivity index (χ2n) is 7.44. The maximum Gasteiger partial charge on any atom is 0.224 e. The quantitative estimate of drug-likeness (QED) is 0.499. The zero-order valence-corrected chi connectivity index (χ0v) is 17.5. The third kappa shape index (κ3) is 4.71. The largest absolute Gasteiger partial charge is 0.355 e. The number of hydrogen-bond acceptors (Lipinski definition) is 3. The Morgan fingerprint density at radius 1 is 1.03 bits per heavy atom. The van der Waals surface area contributed by atoms with Gasteiger partial charge in [0, 0.05) is 24.0 Å². The molecule has 0 aliphatic rings. The second-order valence-corrected chi connectivity index (χ2v) is 7.44. The van der Waals surface area contributed by atoms with Crippen LogP contribution in [0.2, 0.25) is 0 Å². The Balaban J connectivity index is 1.34. The molecular weight excluding hydrogens is 393 g/mol. The van der Waals surface area contributed by atoms with E-state index in [4.69, 9.17) is 0 Å². The Hall–Kier alpha value is -3.74. The summed E-state index contributed by atoms with van der Waals surface area (Å²) in [5.41, 5.74) is 5.38. The van der Waals surface area contributed by atoms with E-state index in [9.17, 15) is 9.18 Å². The van der Waals surface area contributed by atoms with Crippen molar-refractivity contribution in [1.82, 2.24) is 24.9 Å². The number of nitrogens with one attached hydrogen (secondary N) is 1. The first-order valence-electron chi connectivity index (χ1n) is 10.2. The fraction of sp³-hybridized carbons (Fsp3) is 0.208. The average molecular weight is 417 g/mol. The van der Waals surface area contributed by atoms with Gasteiger partial charge in [-0.15, -0.1) is 0 Å². The fourth-order valence-electron chi connectivity index (χ4n) is 3.54. The van der Waals surface area contributed by atoms with E-state index in [0.717, 1.165) is 33.9 Å². The van der Waals surface area contributed by atoms with Gasteiger partial charge >= 0.3 is 0 Å². The van der Waals surface area contributed by atoms with Crippen LogP contribution in [0.3, 0.4) is 0 Å². The third-order valence-corrected chi connectivity index (χ3v) is 5.24. The van der Waals surface area contributed by atoms with E-state index < -0.39 is 0 Å². The smallest absolute Gasteiger partial charge is 0.224 e. The Bertz CT molecular complexity index is 1180. The van der Waals surface area contributed by atoms with Crippen LogP contribution < -0.4 is 5.32 Å². The Morgan fingerprint density at radius 2 is 1.77 bits per heavy atom. The van der Waals surface area contributed by atoms with Gasteiger partial charge in [0.05, 0.1) is 29.7 Å². The lowest BCUT2D eigenvalue weighted by molar-refractivity contribution is -0.120. The summed E-state index contributed by atoms with van der Waals surface area (Å²) in [6.45, 7) is 4.33. The highest BCUT2D eigenvalue weighted by molar-refractivity contribution is 5.79. The highest BCUT2D eigenvalue weighted by Crippen LogP contribution is 2.19. The zero-order valence-electron chi connectivity index (χ0n) is 17.5. The molecule has 0 saturated heterocycles. The van der Waals surface area contributed by atoms with Crippen LogP contribution in [0.25, 0.3) is 11.4 Å². The van der Waals surface area contributed by atoms with Crippen molar-refractivity contribution in [2.24, 2.45) is 0 Å². The lowest BCUT2D eigenvalue weighted by atomic mass is 10.1. The van der Waals surface area contributed by atoms with Crippen LogP contribution >= 0.6 is 0 Å². The minimum absolute atomic E-state index is 0.0553. The Morgan fingerprint density at radius 3 is 2.52 bits per heavy atom. The summed E-state index contributed by atoms with van der Waals surface area (Å²) in [6.07, 6.45) is 4.75. The van der Waals surface area contributed by atoms with Gasteiger partial charge in [-0.05, 0) is 62.2 Å². The molecule has 158 valence electrons. The highest BCUT2D eigenvalue weighted by Gasteiger charge is 2.16. The Kier molecular flexibility index (Phi) is 5.93. The molecule has 0 fully saturated rings. The van der Waals surface area contributed by atoms with Gasteiger partial charge in [-0.1, -0.05) is 18.2 Å². The maximum absolute atomic E-state index is 13.2. The number of hydrogen-bond donors (Lipinski definition) is 1. The van der Waals surface area contributed by atoms with Crippen molar-refractivity contribution in [3.05, 3.63) is 95.3 Å². The molecule has 4 rings (SSSR count). The predicted octanol–water partition coefficient (Wildman–Crippen LogP) is 3.72. The van der Waals surface area contributed by atoms with Crippen molar-refractivity contribution < 1.29 is 9.18 Å². The van der Waals surface area contributed by atoms with Gasteiger partial charge in [-0.25, -0.2) is 13.8 Å². The monoisotopic (exact) mass is 417 g/mol. The molecule has 0 spiro atoms. The summed E-state index contributed by atoms with van der Waals surface area (Å²) >= 11 is 0. The van der Waals surface area contributed by atoms with Gasteiger partial charge < -0.3 is 5.32 Å². The number of nitrogens with zero attached hydrogens (tertiary/aromatic N) is 4. The van der Waals surface area contributed by atoms with E-state index in [0.29, 0.717) is 13.0 Å². The highest BCUT2D eigenvalue weighted by atomic mass is 19.1. The van der Waals surface area contributed by atoms with Crippen LogP contribution in [-0.2, 0) is 17.6 Å². The number of rotatable bonds is 7. The molecule has 0 aliphatic heterocycles. The van der Waals surface area contributed by atoms with Crippen molar-refractivity contribution in [2.45, 2.75) is 26.7 Å². The summed E-state index contributed by atoms with van der Waals surface area (Å²) in [4.78, 5) is 12.5. The number of carbonyl (C=O) groups excluding carboxylic acids is 1. The molecule has 0 atom stereocenters. The number of aryl methyl sites for hydroxylation is 1. The summed E-state index contributed by atoms with van der Waals surface area (Å²) in [7, 11) is 0. The second kappa shape index (κ2) is 8.95. The van der Waals surface area contributed by atoms with Gasteiger partial charge in [0.15, 0.2) is 0 Å². The van der Waals surface area contributed by atoms with E-state index in [1.165, 1.54) is 12.1 Å². The molecule has 0 bridgehead atoms. The molecular formula is C24H24FN5O. The van der Waals surface area contributed by atoms with Gasteiger partial charge in [0.1, 0.15) is 5.82 Å². The van der Waals surface area contributed by atoms with Crippen LogP contribution in [0.15, 0.2) is 67.0 Å². The molecule has 1 N–H and O–H groups in total. The predicted molar refractivity (Wildman–Crippen MR) is 117 cm³/mol. The fourth-order valence-corrected chi connectivity index (χ4v) is 3.54. The number of amides is 1. The summed E-state index contributed by atoms with van der Waals surface area (Å²) in [6, 6.07) is 16.1. The van der Waals surface area contributed by atoms with E-state index in [1.54, 1.807) is 16.8 Å². The molecule has 2 heterocycles. The van der Waals surface area contributed by atoms with Gasteiger partial charge in [0.25, 0.3) is 0 Å². The lowest BCUT2D eigenvalue weighted by Gasteiger charge is -2.07. The lowest BCUT2D eigenvalue weighted by Crippen LogP contribution is -2.27. The molecule has 0 unspecified atom stereocenters. The van der Waals surface area contributed by atoms with E-state index in [2.05, 4.69) is 15.5 Å². The van der Waals surface area contributed by atoms with Crippen molar-refractivity contribution in [3.63, 3.8) is 0 Å². The Labute approximate surface area is 180 Å². The van der Waals surface area contributed by atoms with Gasteiger partial charge in [-0.3, -0.25) is 4.79 Å². The van der Waals surface area contributed by atoms with Crippen molar-refractivity contribution >= 4 is 5.91 Å². The first-order valence-corrected chi connectivity index (χ1v) is 10.2. The number of para-hydroxylation sites is 1. The first-order chi connectivity index (χ1) is 15.0. The van der Waals surface area contributed by atoms with E-state index >= 15 is 0 Å². The summed E-state index contributed by atoms with van der Waals surface area (Å²) in [5, 5.41) is 11.9. The molecule has 4 aromatic rings. The van der Waals surface area contributed by atoms with Crippen molar-refractivity contribution in [2.75, 3.05) is 6.54 Å². The standard InChI is InChI=1S/C24H24FN5O/c1-17-23(18(2)30(28-17)22-10-8-20(25)9-11-22)14-24(31)26-13-12-19-15-27-29(16-19)21-6-4-3-5-7-21/h3-11,15-16H,12-14H2,1-2H3,(H,26,31). The SMILES string of the molecule is Cc1nn(-c2ccc(F)cc2)c(C)c1CC(=O)NCCc1cnn(-c2ccccc2)c1. The van der Waals surface area contributed by atoms with E-state index in [-0.39, 0.29) is 18.1 Å². The molecule has 0 aliphatic carbocycles. The van der Waals surface area contributed by atoms with E-state index in [1.807, 2.05) is 61.3 Å². The minimum Gasteiger partial charge on any atom is -0.355 e. The molecule has 31 heavy (non-hydrogen) atoms. The number of aromatic nitrogens is 4. The summed E-state index contributed by atoms with van der Waals surface area (Å²) in [5.74, 6) is -0.348. The summed E-state index contributed by atoms with van der Waals surface area (Å²) < 4.78 is 16.8. The molecule has 1 amide bonds. The molecule has 2 aromatic carbocycles. The van der Waals surface area contributed by atoms with Crippen LogP contribution in [0.5, 0.6) is 0 Å². The van der Waals surface area contributed by atoms with Gasteiger partial charge in [-0.2, -0.15) is 10.2 Å². The minimum atomic E-state index is -0.292.